The number of hydrogen-bond acceptors (Lipinski definition) is 4. The molecule has 2 aromatic carbocycles. The van der Waals surface area contributed by atoms with Crippen molar-refractivity contribution in [2.24, 2.45) is 0 Å². The monoisotopic (exact) mass is 406 g/mol. The quantitative estimate of drug-likeness (QED) is 0.774. The molecule has 0 unspecified atom stereocenters. The van der Waals surface area contributed by atoms with Gasteiger partial charge in [-0.15, -0.1) is 0 Å². The summed E-state index contributed by atoms with van der Waals surface area (Å²) >= 11 is 5.88. The third-order valence-electron chi connectivity index (χ3n) is 4.01. The second-order valence-electron chi connectivity index (χ2n) is 5.92. The molecule has 1 fully saturated rings. The van der Waals surface area contributed by atoms with Crippen molar-refractivity contribution < 1.29 is 17.9 Å². The fourth-order valence-corrected chi connectivity index (χ4v) is 4.21. The second-order valence-corrected chi connectivity index (χ2v) is 8.29. The summed E-state index contributed by atoms with van der Waals surface area (Å²) < 4.78 is 31.8. The van der Waals surface area contributed by atoms with Crippen molar-refractivity contribution in [3.8, 4) is 0 Å². The van der Waals surface area contributed by atoms with E-state index in [0.717, 1.165) is 5.56 Å². The molecular weight excluding hydrogens is 388 g/mol. The lowest BCUT2D eigenvalue weighted by Gasteiger charge is -2.26. The Hall–Kier alpha value is -2.19. The minimum Gasteiger partial charge on any atom is -0.379 e. The number of amides is 1. The van der Waals surface area contributed by atoms with Crippen LogP contribution >= 0.6 is 11.6 Å². The summed E-state index contributed by atoms with van der Waals surface area (Å²) in [4.78, 5) is 12.2. The van der Waals surface area contributed by atoms with E-state index in [1.54, 1.807) is 54.6 Å². The third-order valence-corrected chi connectivity index (χ3v) is 6.16. The molecule has 142 valence electrons. The van der Waals surface area contributed by atoms with E-state index < -0.39 is 10.0 Å². The summed E-state index contributed by atoms with van der Waals surface area (Å²) in [5.41, 5.74) is 1.32. The van der Waals surface area contributed by atoms with Crippen molar-refractivity contribution in [2.75, 3.05) is 31.6 Å². The van der Waals surface area contributed by atoms with Gasteiger partial charge in [-0.1, -0.05) is 29.8 Å². The van der Waals surface area contributed by atoms with Crippen LogP contribution in [0.3, 0.4) is 0 Å². The number of anilines is 1. The average molecular weight is 407 g/mol. The molecule has 1 saturated heterocycles. The van der Waals surface area contributed by atoms with E-state index in [1.165, 1.54) is 10.4 Å². The van der Waals surface area contributed by atoms with Crippen LogP contribution in [0.5, 0.6) is 0 Å². The van der Waals surface area contributed by atoms with Crippen molar-refractivity contribution in [1.82, 2.24) is 4.31 Å². The number of halogens is 1. The van der Waals surface area contributed by atoms with E-state index in [0.29, 0.717) is 37.0 Å². The molecule has 3 rings (SSSR count). The molecule has 27 heavy (non-hydrogen) atoms. The van der Waals surface area contributed by atoms with Crippen LogP contribution in [0.4, 0.5) is 5.69 Å². The van der Waals surface area contributed by atoms with Gasteiger partial charge in [-0.3, -0.25) is 4.79 Å². The van der Waals surface area contributed by atoms with E-state index in [4.69, 9.17) is 16.3 Å². The van der Waals surface area contributed by atoms with Crippen molar-refractivity contribution >= 4 is 39.3 Å². The Morgan fingerprint density at radius 2 is 1.81 bits per heavy atom. The highest BCUT2D eigenvalue weighted by Crippen LogP contribution is 2.18. The van der Waals surface area contributed by atoms with Crippen LogP contribution in [0.25, 0.3) is 6.08 Å². The molecule has 6 nitrogen and oxygen atoms in total. The molecule has 1 aliphatic rings. The normalized spacial score (nSPS) is 15.7. The molecule has 0 bridgehead atoms. The van der Waals surface area contributed by atoms with Crippen LogP contribution in [0.1, 0.15) is 5.56 Å². The topological polar surface area (TPSA) is 75.7 Å². The number of nitrogens with zero attached hydrogens (tertiary/aromatic N) is 1. The zero-order valence-corrected chi connectivity index (χ0v) is 16.0. The fourth-order valence-electron chi connectivity index (χ4n) is 2.61. The van der Waals surface area contributed by atoms with E-state index >= 15 is 0 Å². The molecule has 0 aromatic heterocycles. The summed E-state index contributed by atoms with van der Waals surface area (Å²) in [7, 11) is -3.52. The molecule has 0 aliphatic carbocycles. The summed E-state index contributed by atoms with van der Waals surface area (Å²) in [5, 5.41) is 3.24. The lowest BCUT2D eigenvalue weighted by atomic mass is 10.2. The van der Waals surface area contributed by atoms with Gasteiger partial charge in [-0.2, -0.15) is 4.31 Å². The SMILES string of the molecule is O=C(/C=C\c1ccc(S(=O)(=O)N2CCOCC2)cc1)Nc1cccc(Cl)c1. The maximum absolute atomic E-state index is 12.6. The lowest BCUT2D eigenvalue weighted by Crippen LogP contribution is -2.40. The van der Waals surface area contributed by atoms with Crippen molar-refractivity contribution in [3.63, 3.8) is 0 Å². The van der Waals surface area contributed by atoms with Crippen LogP contribution < -0.4 is 5.32 Å². The first kappa shape index (κ1) is 19.6. The number of sulfonamides is 1. The van der Waals surface area contributed by atoms with Gasteiger partial charge >= 0.3 is 0 Å². The number of morpholine rings is 1. The van der Waals surface area contributed by atoms with Gasteiger partial charge < -0.3 is 10.1 Å². The van der Waals surface area contributed by atoms with Crippen molar-refractivity contribution in [3.05, 3.63) is 65.2 Å². The average Bonchev–Trinajstić information content (AvgIpc) is 2.67. The second kappa shape index (κ2) is 8.67. The minimum atomic E-state index is -3.52. The van der Waals surface area contributed by atoms with Gasteiger partial charge in [0.2, 0.25) is 15.9 Å². The molecule has 0 radical (unpaired) electrons. The van der Waals surface area contributed by atoms with Crippen LogP contribution in [-0.2, 0) is 19.6 Å². The first-order valence-corrected chi connectivity index (χ1v) is 10.2. The molecule has 0 spiro atoms. The first-order valence-electron chi connectivity index (χ1n) is 8.38. The van der Waals surface area contributed by atoms with Gasteiger partial charge in [0.15, 0.2) is 0 Å². The first-order chi connectivity index (χ1) is 12.9. The number of ether oxygens (including phenoxy) is 1. The largest absolute Gasteiger partial charge is 0.379 e. The summed E-state index contributed by atoms with van der Waals surface area (Å²) in [5.74, 6) is -0.303. The predicted molar refractivity (Wildman–Crippen MR) is 105 cm³/mol. The Morgan fingerprint density at radius 3 is 2.48 bits per heavy atom. The Balaban J connectivity index is 1.64. The van der Waals surface area contributed by atoms with Gasteiger partial charge in [0.25, 0.3) is 0 Å². The fraction of sp³-hybridized carbons (Fsp3) is 0.211. The molecule has 1 amide bonds. The van der Waals surface area contributed by atoms with E-state index in [1.807, 2.05) is 0 Å². The Morgan fingerprint density at radius 1 is 1.11 bits per heavy atom. The molecule has 1 aliphatic heterocycles. The molecule has 8 heteroatoms. The van der Waals surface area contributed by atoms with Gasteiger partial charge in [0, 0.05) is 29.9 Å². The van der Waals surface area contributed by atoms with Crippen molar-refractivity contribution in [2.45, 2.75) is 4.90 Å². The highest BCUT2D eigenvalue weighted by atomic mass is 35.5. The number of hydrogen-bond donors (Lipinski definition) is 1. The maximum atomic E-state index is 12.6. The predicted octanol–water partition coefficient (Wildman–Crippen LogP) is 3.01. The van der Waals surface area contributed by atoms with Gasteiger partial charge in [0.1, 0.15) is 0 Å². The zero-order chi connectivity index (χ0) is 19.3. The molecule has 0 atom stereocenters. The minimum absolute atomic E-state index is 0.227. The zero-order valence-electron chi connectivity index (χ0n) is 14.5. The highest BCUT2D eigenvalue weighted by Gasteiger charge is 2.25. The Bertz CT molecular complexity index is 936. The standard InChI is InChI=1S/C19H19ClN2O4S/c20-16-2-1-3-17(14-16)21-19(23)9-6-15-4-7-18(8-5-15)27(24,25)22-10-12-26-13-11-22/h1-9,14H,10-13H2,(H,21,23)/b9-6-. The summed E-state index contributed by atoms with van der Waals surface area (Å²) in [6.07, 6.45) is 3.00. The number of benzene rings is 2. The van der Waals surface area contributed by atoms with Gasteiger partial charge in [0.05, 0.1) is 18.1 Å². The summed E-state index contributed by atoms with van der Waals surface area (Å²) in [6.45, 7) is 1.52. The number of carbonyl (C=O) groups excluding carboxylic acids is 1. The van der Waals surface area contributed by atoms with Gasteiger partial charge in [-0.25, -0.2) is 8.42 Å². The Labute approximate surface area is 163 Å². The van der Waals surface area contributed by atoms with Crippen molar-refractivity contribution in [1.29, 1.82) is 0 Å². The van der Waals surface area contributed by atoms with Crippen LogP contribution in [-0.4, -0.2) is 44.9 Å². The molecule has 0 saturated carbocycles. The number of rotatable bonds is 5. The smallest absolute Gasteiger partial charge is 0.248 e. The maximum Gasteiger partial charge on any atom is 0.248 e. The lowest BCUT2D eigenvalue weighted by molar-refractivity contribution is -0.111. The molecule has 2 aromatic rings. The highest BCUT2D eigenvalue weighted by molar-refractivity contribution is 7.89. The summed E-state index contributed by atoms with van der Waals surface area (Å²) in [6, 6.07) is 13.3. The van der Waals surface area contributed by atoms with Crippen LogP contribution in [0.2, 0.25) is 5.02 Å². The van der Waals surface area contributed by atoms with Gasteiger partial charge in [-0.05, 0) is 42.0 Å². The van der Waals surface area contributed by atoms with E-state index in [-0.39, 0.29) is 10.8 Å². The van der Waals surface area contributed by atoms with Crippen LogP contribution in [0.15, 0.2) is 59.5 Å². The third kappa shape index (κ3) is 5.17. The number of carbonyl (C=O) groups is 1. The van der Waals surface area contributed by atoms with E-state index in [9.17, 15) is 13.2 Å². The molecule has 1 N–H and O–H groups in total. The molecular formula is C19H19ClN2O4S. The number of nitrogens with one attached hydrogen (secondary N) is 1. The Kier molecular flexibility index (Phi) is 6.28. The molecule has 1 heterocycles. The van der Waals surface area contributed by atoms with Crippen LogP contribution in [0, 0.1) is 0 Å². The van der Waals surface area contributed by atoms with E-state index in [2.05, 4.69) is 5.32 Å².